The molecule has 21 heavy (non-hydrogen) atoms. The lowest BCUT2D eigenvalue weighted by Crippen LogP contribution is -2.47. The molecule has 3 fully saturated rings. The van der Waals surface area contributed by atoms with E-state index in [9.17, 15) is 9.59 Å². The first-order valence-electron chi connectivity index (χ1n) is 8.31. The van der Waals surface area contributed by atoms with Gasteiger partial charge in [-0.05, 0) is 63.3 Å². The molecule has 5 nitrogen and oxygen atoms in total. The van der Waals surface area contributed by atoms with E-state index in [0.29, 0.717) is 18.9 Å². The van der Waals surface area contributed by atoms with Gasteiger partial charge in [0.1, 0.15) is 6.04 Å². The van der Waals surface area contributed by atoms with E-state index in [1.807, 2.05) is 0 Å². The first-order chi connectivity index (χ1) is 10.0. The van der Waals surface area contributed by atoms with Crippen LogP contribution in [0.1, 0.15) is 45.4 Å². The van der Waals surface area contributed by atoms with Crippen LogP contribution < -0.4 is 5.32 Å². The van der Waals surface area contributed by atoms with Gasteiger partial charge in [-0.25, -0.2) is 0 Å². The van der Waals surface area contributed by atoms with Crippen molar-refractivity contribution in [1.29, 1.82) is 0 Å². The van der Waals surface area contributed by atoms with Crippen molar-refractivity contribution in [1.82, 2.24) is 10.2 Å². The Hall–Kier alpha value is -1.10. The molecular weight excluding hydrogens is 268 g/mol. The van der Waals surface area contributed by atoms with Crippen LogP contribution in [0.2, 0.25) is 0 Å². The van der Waals surface area contributed by atoms with E-state index in [2.05, 4.69) is 12.2 Å². The van der Waals surface area contributed by atoms with Gasteiger partial charge >= 0.3 is 5.97 Å². The Labute approximate surface area is 126 Å². The summed E-state index contributed by atoms with van der Waals surface area (Å²) in [5.41, 5.74) is 0. The van der Waals surface area contributed by atoms with Crippen LogP contribution in [0.4, 0.5) is 0 Å². The molecule has 2 N–H and O–H groups in total. The van der Waals surface area contributed by atoms with Crippen molar-refractivity contribution in [2.75, 3.05) is 13.1 Å². The Morgan fingerprint density at radius 1 is 1.29 bits per heavy atom. The summed E-state index contributed by atoms with van der Waals surface area (Å²) in [6, 6.07) is -0.257. The summed E-state index contributed by atoms with van der Waals surface area (Å²) in [4.78, 5) is 25.1. The fourth-order valence-corrected chi connectivity index (χ4v) is 4.79. The van der Waals surface area contributed by atoms with E-state index in [1.54, 1.807) is 4.90 Å². The second kappa shape index (κ2) is 5.95. The molecule has 3 aliphatic rings. The fraction of sp³-hybridized carbons (Fsp3) is 0.875. The zero-order valence-corrected chi connectivity index (χ0v) is 12.8. The van der Waals surface area contributed by atoms with Crippen LogP contribution >= 0.6 is 0 Å². The van der Waals surface area contributed by atoms with Gasteiger partial charge in [0.15, 0.2) is 0 Å². The summed E-state index contributed by atoms with van der Waals surface area (Å²) in [7, 11) is 0. The Kier molecular flexibility index (Phi) is 4.20. The second-order valence-corrected chi connectivity index (χ2v) is 7.16. The van der Waals surface area contributed by atoms with E-state index in [1.165, 1.54) is 25.7 Å². The van der Waals surface area contributed by atoms with E-state index >= 15 is 0 Å². The van der Waals surface area contributed by atoms with Crippen LogP contribution in [-0.4, -0.2) is 47.1 Å². The fourth-order valence-electron chi connectivity index (χ4n) is 4.79. The summed E-state index contributed by atoms with van der Waals surface area (Å²) >= 11 is 0. The summed E-state index contributed by atoms with van der Waals surface area (Å²) in [6.07, 6.45) is 6.82. The highest BCUT2D eigenvalue weighted by atomic mass is 16.4. The Morgan fingerprint density at radius 2 is 2.10 bits per heavy atom. The van der Waals surface area contributed by atoms with Crippen molar-refractivity contribution < 1.29 is 14.7 Å². The molecule has 118 valence electrons. The third-order valence-electron chi connectivity index (χ3n) is 5.82. The number of carboxylic acids is 1. The molecule has 0 aromatic carbocycles. The maximum Gasteiger partial charge on any atom is 0.320 e. The first-order valence-corrected chi connectivity index (χ1v) is 8.31. The van der Waals surface area contributed by atoms with Crippen LogP contribution in [0.15, 0.2) is 0 Å². The lowest BCUT2D eigenvalue weighted by molar-refractivity contribution is -0.142. The predicted octanol–water partition coefficient (Wildman–Crippen LogP) is 1.48. The summed E-state index contributed by atoms with van der Waals surface area (Å²) < 4.78 is 0. The third-order valence-corrected chi connectivity index (χ3v) is 5.82. The van der Waals surface area contributed by atoms with Crippen molar-refractivity contribution in [2.45, 2.75) is 57.5 Å². The molecule has 1 aliphatic heterocycles. The molecule has 2 aliphatic carbocycles. The minimum absolute atomic E-state index is 0.0153. The molecule has 5 atom stereocenters. The van der Waals surface area contributed by atoms with Gasteiger partial charge in [0.2, 0.25) is 5.91 Å². The highest BCUT2D eigenvalue weighted by molar-refractivity contribution is 5.80. The molecule has 0 radical (unpaired) electrons. The van der Waals surface area contributed by atoms with Crippen LogP contribution in [0, 0.1) is 17.8 Å². The number of carbonyl (C=O) groups is 2. The van der Waals surface area contributed by atoms with Gasteiger partial charge in [0.25, 0.3) is 0 Å². The van der Waals surface area contributed by atoms with Crippen LogP contribution in [-0.2, 0) is 9.59 Å². The minimum atomic E-state index is -0.804. The Morgan fingerprint density at radius 3 is 2.71 bits per heavy atom. The number of hydrogen-bond donors (Lipinski definition) is 2. The molecule has 0 aromatic rings. The molecule has 5 heteroatoms. The number of hydrogen-bond acceptors (Lipinski definition) is 3. The van der Waals surface area contributed by atoms with Crippen molar-refractivity contribution in [3.05, 3.63) is 0 Å². The Bertz CT molecular complexity index is 426. The standard InChI is InChI=1S/C16H26N2O3/c1-10(13-8-11-4-5-12(13)7-11)17-15(19)9-18-6-2-3-14(18)16(20)21/h10-14H,2-9H2,1H3,(H,17,19)(H,20,21)/t10?,11?,12?,13?,14-/m1/s1. The van der Waals surface area contributed by atoms with E-state index < -0.39 is 12.0 Å². The SMILES string of the molecule is CC(NC(=O)CN1CCC[C@@H]1C(=O)O)C1CC2CCC1C2. The number of likely N-dealkylation sites (tertiary alicyclic amines) is 1. The monoisotopic (exact) mass is 294 g/mol. The smallest absolute Gasteiger partial charge is 0.320 e. The summed E-state index contributed by atoms with van der Waals surface area (Å²) in [5, 5.41) is 12.3. The van der Waals surface area contributed by atoms with Gasteiger partial charge < -0.3 is 10.4 Å². The quantitative estimate of drug-likeness (QED) is 0.806. The summed E-state index contributed by atoms with van der Waals surface area (Å²) in [5.74, 6) is 1.49. The summed E-state index contributed by atoms with van der Waals surface area (Å²) in [6.45, 7) is 3.05. The number of carboxylic acid groups (broad SMARTS) is 1. The zero-order valence-electron chi connectivity index (χ0n) is 12.8. The highest BCUT2D eigenvalue weighted by Crippen LogP contribution is 2.49. The van der Waals surface area contributed by atoms with Gasteiger partial charge in [-0.15, -0.1) is 0 Å². The second-order valence-electron chi connectivity index (χ2n) is 7.16. The predicted molar refractivity (Wildman–Crippen MR) is 78.8 cm³/mol. The van der Waals surface area contributed by atoms with E-state index in [4.69, 9.17) is 5.11 Å². The molecule has 2 bridgehead atoms. The number of rotatable bonds is 5. The van der Waals surface area contributed by atoms with Crippen molar-refractivity contribution in [3.8, 4) is 0 Å². The molecule has 2 saturated carbocycles. The minimum Gasteiger partial charge on any atom is -0.480 e. The maximum atomic E-state index is 12.2. The van der Waals surface area contributed by atoms with E-state index in [-0.39, 0.29) is 18.5 Å². The van der Waals surface area contributed by atoms with Gasteiger partial charge in [-0.3, -0.25) is 14.5 Å². The number of amides is 1. The largest absolute Gasteiger partial charge is 0.480 e. The van der Waals surface area contributed by atoms with Gasteiger partial charge in [0.05, 0.1) is 6.54 Å². The average Bonchev–Trinajstić information content (AvgIpc) is 3.13. The van der Waals surface area contributed by atoms with Crippen molar-refractivity contribution in [3.63, 3.8) is 0 Å². The van der Waals surface area contributed by atoms with Gasteiger partial charge in [-0.2, -0.15) is 0 Å². The third kappa shape index (κ3) is 3.07. The highest BCUT2D eigenvalue weighted by Gasteiger charge is 2.42. The lowest BCUT2D eigenvalue weighted by Gasteiger charge is -2.29. The van der Waals surface area contributed by atoms with Crippen LogP contribution in [0.3, 0.4) is 0 Å². The van der Waals surface area contributed by atoms with Crippen molar-refractivity contribution in [2.24, 2.45) is 17.8 Å². The molecule has 0 spiro atoms. The topological polar surface area (TPSA) is 69.6 Å². The number of carbonyl (C=O) groups excluding carboxylic acids is 1. The molecule has 0 aromatic heterocycles. The molecule has 1 saturated heterocycles. The maximum absolute atomic E-state index is 12.2. The molecule has 1 amide bonds. The number of nitrogens with zero attached hydrogens (tertiary/aromatic N) is 1. The first kappa shape index (κ1) is 14.8. The average molecular weight is 294 g/mol. The molecule has 3 rings (SSSR count). The lowest BCUT2D eigenvalue weighted by atomic mass is 9.84. The Balaban J connectivity index is 1.49. The van der Waals surface area contributed by atoms with Gasteiger partial charge in [-0.1, -0.05) is 6.42 Å². The number of nitrogens with one attached hydrogen (secondary N) is 1. The van der Waals surface area contributed by atoms with Crippen molar-refractivity contribution >= 4 is 11.9 Å². The molecular formula is C16H26N2O3. The van der Waals surface area contributed by atoms with Crippen LogP contribution in [0.5, 0.6) is 0 Å². The normalized spacial score (nSPS) is 36.8. The zero-order chi connectivity index (χ0) is 15.0. The van der Waals surface area contributed by atoms with Crippen LogP contribution in [0.25, 0.3) is 0 Å². The van der Waals surface area contributed by atoms with Gasteiger partial charge in [0, 0.05) is 6.04 Å². The number of fused-ring (bicyclic) bond motifs is 2. The molecule has 1 heterocycles. The molecule has 4 unspecified atom stereocenters. The van der Waals surface area contributed by atoms with E-state index in [0.717, 1.165) is 18.3 Å². The number of aliphatic carboxylic acids is 1.